The molecule has 8 nitrogen and oxygen atoms in total. The Morgan fingerprint density at radius 2 is 1.13 bits per heavy atom. The molecule has 4 N–H and O–H groups in total. The predicted octanol–water partition coefficient (Wildman–Crippen LogP) is -3.87. The highest BCUT2D eigenvalue weighted by Gasteiger charge is 2.19. The molecule has 0 bridgehead atoms. The van der Waals surface area contributed by atoms with Crippen LogP contribution in [0.3, 0.4) is 0 Å². The standard InChI is InChI=1S/2C13H12NO2S.2ClH.H4N2/c2*1-10-4-5-13(17-10)12(16)8-14-6-2-3-11(7-14)9-15;;;1-2/h2*2-6H,7-8H2,1H3;2*1H;1-2H2/q2*+1;;;/p-2. The van der Waals surface area contributed by atoms with Crippen molar-refractivity contribution >= 4 is 58.6 Å². The molecule has 2 aromatic rings. The Hall–Kier alpha value is -3.04. The summed E-state index contributed by atoms with van der Waals surface area (Å²) < 4.78 is 3.63. The van der Waals surface area contributed by atoms with Gasteiger partial charge in [-0.15, -0.1) is 22.7 Å². The molecule has 202 valence electrons. The lowest BCUT2D eigenvalue weighted by Crippen LogP contribution is -3.00. The Labute approximate surface area is 241 Å². The van der Waals surface area contributed by atoms with Crippen molar-refractivity contribution in [1.82, 2.24) is 0 Å². The molecule has 0 amide bonds. The minimum Gasteiger partial charge on any atom is -1.00 e. The van der Waals surface area contributed by atoms with Gasteiger partial charge in [0, 0.05) is 21.9 Å². The SMILES string of the molecule is Cc1ccc(C(=O)C[N+]2=CC=CC(=C=O)C2)s1.Cc1ccc(C(=O)C[N+]2=CC=CC(=C=O)C2)s1.NN.[Cl-].[Cl-]. The average Bonchev–Trinajstić information content (AvgIpc) is 3.54. The topological polar surface area (TPSA) is 126 Å². The van der Waals surface area contributed by atoms with E-state index in [-0.39, 0.29) is 36.4 Å². The largest absolute Gasteiger partial charge is 1.00 e. The number of thiophene rings is 2. The van der Waals surface area contributed by atoms with Crippen LogP contribution in [0, 0.1) is 13.8 Å². The Kier molecular flexibility index (Phi) is 16.8. The van der Waals surface area contributed by atoms with Crippen LogP contribution in [0.1, 0.15) is 29.1 Å². The van der Waals surface area contributed by atoms with E-state index in [1.807, 2.05) is 71.6 Å². The Morgan fingerprint density at radius 1 is 0.763 bits per heavy atom. The van der Waals surface area contributed by atoms with E-state index in [0.717, 1.165) is 19.5 Å². The molecule has 0 radical (unpaired) electrons. The number of hydrazine groups is 1. The van der Waals surface area contributed by atoms with Gasteiger partial charge in [-0.2, -0.15) is 0 Å². The van der Waals surface area contributed by atoms with E-state index < -0.39 is 0 Å². The van der Waals surface area contributed by atoms with Crippen LogP contribution in [0.5, 0.6) is 0 Å². The highest BCUT2D eigenvalue weighted by Crippen LogP contribution is 2.16. The number of halogens is 2. The summed E-state index contributed by atoms with van der Waals surface area (Å²) in [6.07, 6.45) is 10.6. The zero-order valence-electron chi connectivity index (χ0n) is 20.9. The second-order valence-corrected chi connectivity index (χ2v) is 10.3. The summed E-state index contributed by atoms with van der Waals surface area (Å²) in [5.74, 6) is 11.9. The number of nitrogens with zero attached hydrogens (tertiary/aromatic N) is 2. The third kappa shape index (κ3) is 11.1. The van der Waals surface area contributed by atoms with E-state index in [1.165, 1.54) is 22.7 Å². The zero-order valence-corrected chi connectivity index (χ0v) is 24.0. The molecule has 0 unspecified atom stereocenters. The first-order chi connectivity index (χ1) is 17.4. The van der Waals surface area contributed by atoms with Crippen LogP contribution in [0.2, 0.25) is 0 Å². The average molecular weight is 596 g/mol. The van der Waals surface area contributed by atoms with Crippen molar-refractivity contribution in [3.63, 3.8) is 0 Å². The van der Waals surface area contributed by atoms with E-state index in [0.29, 0.717) is 37.3 Å². The number of aryl methyl sites for hydroxylation is 2. The summed E-state index contributed by atoms with van der Waals surface area (Å²) in [7, 11) is 0. The van der Waals surface area contributed by atoms with Gasteiger partial charge in [0.1, 0.15) is 23.0 Å². The number of hydrogen-bond acceptors (Lipinski definition) is 8. The fraction of sp³-hybridized carbons (Fsp3) is 0.231. The number of rotatable bonds is 6. The van der Waals surface area contributed by atoms with Gasteiger partial charge in [0.25, 0.3) is 0 Å². The molecule has 0 aromatic carbocycles. The molecule has 0 fully saturated rings. The van der Waals surface area contributed by atoms with Crippen LogP contribution >= 0.6 is 22.7 Å². The third-order valence-electron chi connectivity index (χ3n) is 4.92. The maximum absolute atomic E-state index is 11.9. The van der Waals surface area contributed by atoms with Crippen molar-refractivity contribution in [2.45, 2.75) is 13.8 Å². The van der Waals surface area contributed by atoms with Crippen molar-refractivity contribution in [3.8, 4) is 0 Å². The molecular weight excluding hydrogens is 567 g/mol. The van der Waals surface area contributed by atoms with Gasteiger partial charge in [0.2, 0.25) is 24.7 Å². The summed E-state index contributed by atoms with van der Waals surface area (Å²) in [4.78, 5) is 48.7. The maximum Gasteiger partial charge on any atom is 0.236 e. The first kappa shape index (κ1) is 35.0. The summed E-state index contributed by atoms with van der Waals surface area (Å²) in [6.45, 7) is 5.46. The predicted molar refractivity (Wildman–Crippen MR) is 144 cm³/mol. The van der Waals surface area contributed by atoms with Gasteiger partial charge in [-0.1, -0.05) is 0 Å². The molecule has 2 aromatic heterocycles. The summed E-state index contributed by atoms with van der Waals surface area (Å²) >= 11 is 3.00. The van der Waals surface area contributed by atoms with Crippen molar-refractivity contribution in [3.05, 3.63) is 79.2 Å². The Bertz CT molecular complexity index is 1240. The smallest absolute Gasteiger partial charge is 0.236 e. The fourth-order valence-electron chi connectivity index (χ4n) is 3.25. The second kappa shape index (κ2) is 18.3. The first-order valence-electron chi connectivity index (χ1n) is 10.9. The molecule has 0 saturated heterocycles. The van der Waals surface area contributed by atoms with E-state index in [1.54, 1.807) is 24.3 Å². The van der Waals surface area contributed by atoms with Crippen LogP contribution in [-0.4, -0.2) is 71.2 Å². The highest BCUT2D eigenvalue weighted by molar-refractivity contribution is 7.14. The van der Waals surface area contributed by atoms with Crippen LogP contribution < -0.4 is 36.5 Å². The van der Waals surface area contributed by atoms with Crippen molar-refractivity contribution in [2.24, 2.45) is 11.7 Å². The molecule has 2 aliphatic heterocycles. The minimum atomic E-state index is 0. The zero-order chi connectivity index (χ0) is 26.5. The minimum absolute atomic E-state index is 0. The number of ketones is 2. The molecule has 12 heteroatoms. The summed E-state index contributed by atoms with van der Waals surface area (Å²) in [5, 5.41) is 0. The van der Waals surface area contributed by atoms with E-state index in [2.05, 4.69) is 11.7 Å². The lowest BCUT2D eigenvalue weighted by Gasteiger charge is -2.03. The number of carbonyl (C=O) groups is 2. The van der Waals surface area contributed by atoms with E-state index >= 15 is 0 Å². The number of Topliss-reactive ketones (excluding diaryl/α,β-unsaturated/α-hetero) is 2. The second-order valence-electron chi connectivity index (χ2n) is 7.75. The fourth-order valence-corrected chi connectivity index (χ4v) is 4.85. The van der Waals surface area contributed by atoms with Crippen LogP contribution in [0.25, 0.3) is 0 Å². The molecule has 0 spiro atoms. The highest BCUT2D eigenvalue weighted by atomic mass is 35.5. The van der Waals surface area contributed by atoms with Gasteiger partial charge in [-0.3, -0.25) is 21.3 Å². The molecule has 38 heavy (non-hydrogen) atoms. The number of hydrogen-bond donors (Lipinski definition) is 2. The molecular formula is C26H28Cl2N4O4S2. The molecule has 0 saturated carbocycles. The van der Waals surface area contributed by atoms with Crippen molar-refractivity contribution < 1.29 is 53.1 Å². The first-order valence-corrected chi connectivity index (χ1v) is 12.5. The van der Waals surface area contributed by atoms with Crippen LogP contribution in [-0.2, 0) is 9.59 Å². The van der Waals surface area contributed by atoms with Gasteiger partial charge >= 0.3 is 0 Å². The van der Waals surface area contributed by atoms with Crippen LogP contribution in [0.4, 0.5) is 0 Å². The molecule has 0 atom stereocenters. The third-order valence-corrected chi connectivity index (χ3v) is 7.00. The molecule has 0 aliphatic carbocycles. The summed E-state index contributed by atoms with van der Waals surface area (Å²) in [6, 6.07) is 7.57. The quantitative estimate of drug-likeness (QED) is 0.116. The molecule has 4 rings (SSSR count). The lowest BCUT2D eigenvalue weighted by atomic mass is 10.2. The monoisotopic (exact) mass is 594 g/mol. The molecule has 2 aliphatic rings. The number of nitrogens with two attached hydrogens (primary N) is 2. The van der Waals surface area contributed by atoms with Gasteiger partial charge in [0.15, 0.2) is 25.5 Å². The maximum atomic E-state index is 11.9. The van der Waals surface area contributed by atoms with Gasteiger partial charge in [-0.25, -0.2) is 18.7 Å². The number of carbonyl (C=O) groups excluding carboxylic acids is 4. The Balaban J connectivity index is 0.000000645. The van der Waals surface area contributed by atoms with Gasteiger partial charge in [-0.05, 0) is 50.3 Å². The lowest BCUT2D eigenvalue weighted by molar-refractivity contribution is -0.501. The number of allylic oxidation sites excluding steroid dienone is 2. The van der Waals surface area contributed by atoms with Gasteiger partial charge in [0.05, 0.1) is 9.75 Å². The van der Waals surface area contributed by atoms with E-state index in [4.69, 9.17) is 0 Å². The van der Waals surface area contributed by atoms with Crippen LogP contribution in [0.15, 0.2) is 59.7 Å². The van der Waals surface area contributed by atoms with Crippen molar-refractivity contribution in [2.75, 3.05) is 26.2 Å². The summed E-state index contributed by atoms with van der Waals surface area (Å²) in [5.41, 5.74) is 1.14. The normalized spacial score (nSPS) is 13.1. The molecule has 4 heterocycles. The van der Waals surface area contributed by atoms with E-state index in [9.17, 15) is 19.2 Å². The van der Waals surface area contributed by atoms with Gasteiger partial charge < -0.3 is 24.8 Å². The Morgan fingerprint density at radius 3 is 1.42 bits per heavy atom. The van der Waals surface area contributed by atoms with Crippen molar-refractivity contribution in [1.29, 1.82) is 0 Å².